The molecule has 2 atom stereocenters. The van der Waals surface area contributed by atoms with E-state index in [1.807, 2.05) is 18.8 Å². The lowest BCUT2D eigenvalue weighted by atomic mass is 9.92. The van der Waals surface area contributed by atoms with E-state index in [0.29, 0.717) is 11.3 Å². The molecule has 19 heavy (non-hydrogen) atoms. The van der Waals surface area contributed by atoms with Gasteiger partial charge in [-0.3, -0.25) is 0 Å². The largest absolute Gasteiger partial charge is 0.493 e. The van der Waals surface area contributed by atoms with Crippen LogP contribution in [0.1, 0.15) is 36.1 Å². The Kier molecular flexibility index (Phi) is 4.63. The first kappa shape index (κ1) is 14.5. The molecule has 1 aromatic carbocycles. The normalized spacial score (nSPS) is 21.9. The van der Waals surface area contributed by atoms with E-state index in [0.717, 1.165) is 23.7 Å². The van der Waals surface area contributed by atoms with Gasteiger partial charge in [0.25, 0.3) is 0 Å². The number of hydrogen-bond acceptors (Lipinski definition) is 4. The zero-order valence-corrected chi connectivity index (χ0v) is 13.2. The number of thioether (sulfide) groups is 1. The minimum absolute atomic E-state index is 0.322. The van der Waals surface area contributed by atoms with Gasteiger partial charge >= 0.3 is 0 Å². The van der Waals surface area contributed by atoms with Gasteiger partial charge in [0.15, 0.2) is 11.5 Å². The summed E-state index contributed by atoms with van der Waals surface area (Å²) in [5, 5.41) is 4.04. The van der Waals surface area contributed by atoms with Gasteiger partial charge in [-0.2, -0.15) is 11.8 Å². The summed E-state index contributed by atoms with van der Waals surface area (Å²) in [6.45, 7) is 4.40. The highest BCUT2D eigenvalue weighted by molar-refractivity contribution is 7.99. The van der Waals surface area contributed by atoms with Crippen LogP contribution in [0.25, 0.3) is 0 Å². The molecule has 0 fully saturated rings. The number of aryl methyl sites for hydroxylation is 1. The molecule has 1 heterocycles. The maximum Gasteiger partial charge on any atom is 0.165 e. The van der Waals surface area contributed by atoms with E-state index in [4.69, 9.17) is 9.47 Å². The topological polar surface area (TPSA) is 30.5 Å². The van der Waals surface area contributed by atoms with Crippen molar-refractivity contribution in [2.24, 2.45) is 0 Å². The molecule has 4 heteroatoms. The minimum Gasteiger partial charge on any atom is -0.493 e. The summed E-state index contributed by atoms with van der Waals surface area (Å²) < 4.78 is 11.1. The van der Waals surface area contributed by atoms with Gasteiger partial charge in [-0.1, -0.05) is 6.92 Å². The zero-order chi connectivity index (χ0) is 14.0. The smallest absolute Gasteiger partial charge is 0.165 e. The number of fused-ring (bicyclic) bond motifs is 1. The lowest BCUT2D eigenvalue weighted by molar-refractivity contribution is 0.345. The molecule has 0 amide bonds. The number of nitrogens with one attached hydrogen (secondary N) is 1. The van der Waals surface area contributed by atoms with Gasteiger partial charge in [-0.05, 0) is 37.6 Å². The van der Waals surface area contributed by atoms with E-state index in [-0.39, 0.29) is 0 Å². The Morgan fingerprint density at radius 1 is 1.37 bits per heavy atom. The molecule has 1 aliphatic rings. The Morgan fingerprint density at radius 3 is 2.63 bits per heavy atom. The van der Waals surface area contributed by atoms with E-state index < -0.39 is 0 Å². The number of ether oxygens (including phenoxy) is 2. The number of methoxy groups -OCH3 is 2. The first-order chi connectivity index (χ1) is 9.17. The summed E-state index contributed by atoms with van der Waals surface area (Å²) in [6, 6.07) is 2.40. The zero-order valence-electron chi connectivity index (χ0n) is 12.4. The van der Waals surface area contributed by atoms with Gasteiger partial charge in [-0.25, -0.2) is 0 Å². The third-order valence-corrected chi connectivity index (χ3v) is 5.37. The summed E-state index contributed by atoms with van der Waals surface area (Å²) in [4.78, 5) is 0. The summed E-state index contributed by atoms with van der Waals surface area (Å²) >= 11 is 2.03. The van der Waals surface area contributed by atoms with Crippen LogP contribution in [0.4, 0.5) is 0 Å². The first-order valence-corrected chi connectivity index (χ1v) is 7.75. The quantitative estimate of drug-likeness (QED) is 0.917. The van der Waals surface area contributed by atoms with Gasteiger partial charge in [0.05, 0.1) is 14.2 Å². The van der Waals surface area contributed by atoms with Gasteiger partial charge in [-0.15, -0.1) is 0 Å². The maximum absolute atomic E-state index is 5.64. The Hall–Kier alpha value is -0.870. The lowest BCUT2D eigenvalue weighted by Crippen LogP contribution is -2.31. The second kappa shape index (κ2) is 6.06. The van der Waals surface area contributed by atoms with E-state index in [9.17, 15) is 0 Å². The van der Waals surface area contributed by atoms with E-state index in [2.05, 4.69) is 25.2 Å². The molecular weight excluding hydrogens is 258 g/mol. The third kappa shape index (κ3) is 2.43. The van der Waals surface area contributed by atoms with Crippen molar-refractivity contribution in [3.05, 3.63) is 22.8 Å². The molecule has 2 rings (SSSR count). The fourth-order valence-corrected chi connectivity index (χ4v) is 4.33. The number of rotatable bonds is 4. The van der Waals surface area contributed by atoms with Crippen LogP contribution < -0.4 is 14.8 Å². The van der Waals surface area contributed by atoms with Gasteiger partial charge in [0.2, 0.25) is 0 Å². The van der Waals surface area contributed by atoms with Crippen LogP contribution in [0.2, 0.25) is 0 Å². The van der Waals surface area contributed by atoms with Crippen LogP contribution in [0.15, 0.2) is 6.07 Å². The fourth-order valence-electron chi connectivity index (χ4n) is 2.87. The van der Waals surface area contributed by atoms with Crippen molar-refractivity contribution in [1.29, 1.82) is 0 Å². The van der Waals surface area contributed by atoms with Crippen LogP contribution in [-0.4, -0.2) is 26.5 Å². The van der Waals surface area contributed by atoms with Crippen molar-refractivity contribution in [2.75, 3.05) is 21.3 Å². The highest BCUT2D eigenvalue weighted by atomic mass is 32.2. The van der Waals surface area contributed by atoms with Crippen molar-refractivity contribution >= 4 is 11.8 Å². The summed E-state index contributed by atoms with van der Waals surface area (Å²) in [7, 11) is 5.45. The second-order valence-corrected chi connectivity index (χ2v) is 6.07. The van der Waals surface area contributed by atoms with Crippen molar-refractivity contribution in [3.63, 3.8) is 0 Å². The fraction of sp³-hybridized carbons (Fsp3) is 0.600. The van der Waals surface area contributed by atoms with Crippen LogP contribution in [0.3, 0.4) is 0 Å². The van der Waals surface area contributed by atoms with E-state index >= 15 is 0 Å². The van der Waals surface area contributed by atoms with Crippen molar-refractivity contribution in [1.82, 2.24) is 5.32 Å². The van der Waals surface area contributed by atoms with Crippen LogP contribution in [0.5, 0.6) is 11.5 Å². The molecular formula is C15H23NO2S. The molecule has 1 aliphatic heterocycles. The van der Waals surface area contributed by atoms with Crippen LogP contribution in [-0.2, 0) is 5.75 Å². The monoisotopic (exact) mass is 281 g/mol. The predicted octanol–water partition coefficient (Wildman–Crippen LogP) is 3.30. The first-order valence-electron chi connectivity index (χ1n) is 6.71. The Morgan fingerprint density at radius 2 is 2.11 bits per heavy atom. The van der Waals surface area contributed by atoms with Gasteiger partial charge < -0.3 is 14.8 Å². The molecule has 0 aromatic heterocycles. The molecule has 0 radical (unpaired) electrons. The number of hydrogen-bond donors (Lipinski definition) is 1. The molecule has 0 saturated carbocycles. The van der Waals surface area contributed by atoms with Gasteiger partial charge in [0.1, 0.15) is 0 Å². The Labute approximate surface area is 120 Å². The molecule has 0 bridgehead atoms. The molecule has 0 saturated heterocycles. The highest BCUT2D eigenvalue weighted by Crippen LogP contribution is 2.48. The van der Waals surface area contributed by atoms with Crippen molar-refractivity contribution < 1.29 is 9.47 Å². The van der Waals surface area contributed by atoms with Gasteiger partial charge in [0, 0.05) is 22.6 Å². The van der Waals surface area contributed by atoms with Crippen LogP contribution >= 0.6 is 11.8 Å². The predicted molar refractivity (Wildman–Crippen MR) is 81.5 cm³/mol. The molecule has 0 aliphatic carbocycles. The molecule has 2 unspecified atom stereocenters. The number of benzene rings is 1. The standard InChI is InChI=1S/C15H23NO2S/c1-6-12-14(16-3)13-10(8-19-12)9(2)7-11(17-4)15(13)18-5/h7,12,14,16H,6,8H2,1-5H3. The molecule has 0 spiro atoms. The third-order valence-electron chi connectivity index (χ3n) is 3.88. The van der Waals surface area contributed by atoms with Crippen molar-refractivity contribution in [3.8, 4) is 11.5 Å². The summed E-state index contributed by atoms with van der Waals surface area (Å²) in [5.74, 6) is 2.78. The summed E-state index contributed by atoms with van der Waals surface area (Å²) in [5.41, 5.74) is 3.97. The van der Waals surface area contributed by atoms with E-state index in [1.54, 1.807) is 14.2 Å². The van der Waals surface area contributed by atoms with E-state index in [1.165, 1.54) is 16.7 Å². The average Bonchev–Trinajstić information content (AvgIpc) is 2.45. The van der Waals surface area contributed by atoms with Crippen molar-refractivity contribution in [2.45, 2.75) is 37.3 Å². The molecule has 1 aromatic rings. The SMILES string of the molecule is CCC1SCc2c(C)cc(OC)c(OC)c2C1NC. The lowest BCUT2D eigenvalue weighted by Gasteiger charge is -2.35. The molecule has 1 N–H and O–H groups in total. The maximum atomic E-state index is 5.64. The Balaban J connectivity index is 2.63. The minimum atomic E-state index is 0.322. The molecule has 106 valence electrons. The average molecular weight is 281 g/mol. The Bertz CT molecular complexity index is 462. The second-order valence-electron chi connectivity index (χ2n) is 4.85. The molecule has 3 nitrogen and oxygen atoms in total. The highest BCUT2D eigenvalue weighted by Gasteiger charge is 2.33. The van der Waals surface area contributed by atoms with Crippen LogP contribution in [0, 0.1) is 6.92 Å². The summed E-state index contributed by atoms with van der Waals surface area (Å²) in [6.07, 6.45) is 1.15.